The van der Waals surface area contributed by atoms with Crippen molar-refractivity contribution in [3.8, 4) is 0 Å². The quantitative estimate of drug-likeness (QED) is 0.752. The molecule has 0 aliphatic heterocycles. The van der Waals surface area contributed by atoms with Crippen molar-refractivity contribution in [2.24, 2.45) is 5.92 Å². The van der Waals surface area contributed by atoms with Gasteiger partial charge in [0.2, 0.25) is 0 Å². The molecule has 1 aromatic rings. The number of nitrogens with zero attached hydrogens (tertiary/aromatic N) is 1. The first kappa shape index (κ1) is 11.1. The second kappa shape index (κ2) is 5.59. The van der Waals surface area contributed by atoms with E-state index in [1.807, 2.05) is 6.20 Å². The van der Waals surface area contributed by atoms with E-state index in [2.05, 4.69) is 22.6 Å². The van der Waals surface area contributed by atoms with Gasteiger partial charge in [0.1, 0.15) is 0 Å². The molecule has 1 aromatic heterocycles. The summed E-state index contributed by atoms with van der Waals surface area (Å²) in [5, 5.41) is 0.739. The van der Waals surface area contributed by atoms with Gasteiger partial charge >= 0.3 is 0 Å². The smallest absolute Gasteiger partial charge is 0.162 e. The highest BCUT2D eigenvalue weighted by Crippen LogP contribution is 2.27. The van der Waals surface area contributed by atoms with Crippen molar-refractivity contribution in [1.82, 2.24) is 9.97 Å². The third kappa shape index (κ3) is 3.56. The number of hydrogen-bond donors (Lipinski definition) is 2. The van der Waals surface area contributed by atoms with Crippen molar-refractivity contribution >= 4 is 12.6 Å². The van der Waals surface area contributed by atoms with Gasteiger partial charge in [0.05, 0.1) is 5.69 Å². The normalized spacial score (nSPS) is 18.2. The van der Waals surface area contributed by atoms with Crippen LogP contribution in [0.15, 0.2) is 11.4 Å². The van der Waals surface area contributed by atoms with Gasteiger partial charge in [-0.3, -0.25) is 0 Å². The Morgan fingerprint density at radius 3 is 2.80 bits per heavy atom. The van der Waals surface area contributed by atoms with Gasteiger partial charge in [-0.2, -0.15) is 0 Å². The van der Waals surface area contributed by atoms with Crippen LogP contribution in [0.4, 0.5) is 0 Å². The predicted octanol–water partition coefficient (Wildman–Crippen LogP) is 3.60. The molecule has 3 heteroatoms. The van der Waals surface area contributed by atoms with Crippen LogP contribution in [0.5, 0.6) is 0 Å². The Morgan fingerprint density at radius 2 is 2.13 bits per heavy atom. The number of aromatic nitrogens is 2. The molecule has 0 radical (unpaired) electrons. The van der Waals surface area contributed by atoms with Gasteiger partial charge in [-0.15, -0.1) is 12.6 Å². The zero-order chi connectivity index (χ0) is 10.5. The number of nitrogens with one attached hydrogen (secondary N) is 1. The van der Waals surface area contributed by atoms with E-state index in [1.165, 1.54) is 44.9 Å². The Hall–Kier alpha value is -0.440. The number of rotatable bonds is 4. The fourth-order valence-corrected chi connectivity index (χ4v) is 2.72. The van der Waals surface area contributed by atoms with Crippen LogP contribution in [-0.4, -0.2) is 9.97 Å². The van der Waals surface area contributed by atoms with Crippen molar-refractivity contribution in [1.29, 1.82) is 0 Å². The Labute approximate surface area is 97.3 Å². The van der Waals surface area contributed by atoms with Crippen molar-refractivity contribution in [2.75, 3.05) is 0 Å². The van der Waals surface area contributed by atoms with Gasteiger partial charge in [0, 0.05) is 6.20 Å². The Morgan fingerprint density at radius 1 is 1.33 bits per heavy atom. The molecule has 2 rings (SSSR count). The predicted molar refractivity (Wildman–Crippen MR) is 65.4 cm³/mol. The molecule has 1 aliphatic rings. The van der Waals surface area contributed by atoms with E-state index in [0.717, 1.165) is 23.2 Å². The largest absolute Gasteiger partial charge is 0.340 e. The number of hydrogen-bond acceptors (Lipinski definition) is 2. The van der Waals surface area contributed by atoms with Gasteiger partial charge in [0.25, 0.3) is 0 Å². The summed E-state index contributed by atoms with van der Waals surface area (Å²) in [7, 11) is 0. The fraction of sp³-hybridized carbons (Fsp3) is 0.750. The number of H-pyrrole nitrogens is 1. The van der Waals surface area contributed by atoms with Crippen LogP contribution in [0.25, 0.3) is 0 Å². The molecule has 0 aromatic carbocycles. The molecule has 1 fully saturated rings. The molecule has 0 unspecified atom stereocenters. The van der Waals surface area contributed by atoms with E-state index in [0.29, 0.717) is 0 Å². The standard InChI is InChI=1S/C12H20N2S/c15-12-13-9-11(14-12)8-4-7-10-5-2-1-3-6-10/h9-10H,1-8H2,(H2,13,14,15). The summed E-state index contributed by atoms with van der Waals surface area (Å²) in [5.74, 6) is 0.994. The van der Waals surface area contributed by atoms with Crippen LogP contribution in [0, 0.1) is 5.92 Å². The molecule has 0 amide bonds. The molecule has 0 atom stereocenters. The van der Waals surface area contributed by atoms with E-state index in [1.54, 1.807) is 0 Å². The summed E-state index contributed by atoms with van der Waals surface area (Å²) in [5.41, 5.74) is 1.16. The molecule has 15 heavy (non-hydrogen) atoms. The molecule has 84 valence electrons. The molecule has 0 spiro atoms. The highest BCUT2D eigenvalue weighted by atomic mass is 32.1. The van der Waals surface area contributed by atoms with Gasteiger partial charge in [-0.25, -0.2) is 4.98 Å². The first-order valence-electron chi connectivity index (χ1n) is 6.08. The summed E-state index contributed by atoms with van der Waals surface area (Å²) in [6.07, 6.45) is 13.0. The molecule has 1 heterocycles. The lowest BCUT2D eigenvalue weighted by atomic mass is 9.86. The average molecular weight is 224 g/mol. The SMILES string of the molecule is Sc1nc(CCCC2CCCCC2)c[nH]1. The van der Waals surface area contributed by atoms with Crippen LogP contribution in [-0.2, 0) is 6.42 Å². The van der Waals surface area contributed by atoms with E-state index in [9.17, 15) is 0 Å². The molecule has 0 bridgehead atoms. The maximum absolute atomic E-state index is 4.30. The Balaban J connectivity index is 1.65. The van der Waals surface area contributed by atoms with Gasteiger partial charge in [-0.05, 0) is 18.8 Å². The highest BCUT2D eigenvalue weighted by Gasteiger charge is 2.12. The van der Waals surface area contributed by atoms with E-state index in [-0.39, 0.29) is 0 Å². The molecule has 2 nitrogen and oxygen atoms in total. The molecule has 1 saturated carbocycles. The minimum Gasteiger partial charge on any atom is -0.340 e. The second-order valence-corrected chi connectivity index (χ2v) is 5.04. The lowest BCUT2D eigenvalue weighted by Crippen LogP contribution is -2.06. The number of aromatic amines is 1. The lowest BCUT2D eigenvalue weighted by Gasteiger charge is -2.20. The summed E-state index contributed by atoms with van der Waals surface area (Å²) < 4.78 is 0. The third-order valence-corrected chi connectivity index (χ3v) is 3.62. The number of aryl methyl sites for hydroxylation is 1. The van der Waals surface area contributed by atoms with Crippen LogP contribution >= 0.6 is 12.6 Å². The van der Waals surface area contributed by atoms with Crippen LogP contribution in [0.1, 0.15) is 50.6 Å². The zero-order valence-electron chi connectivity index (χ0n) is 9.21. The molecule has 1 N–H and O–H groups in total. The van der Waals surface area contributed by atoms with E-state index < -0.39 is 0 Å². The summed E-state index contributed by atoms with van der Waals surface area (Å²) in [6, 6.07) is 0. The minimum absolute atomic E-state index is 0.739. The number of imidazole rings is 1. The third-order valence-electron chi connectivity index (χ3n) is 3.39. The highest BCUT2D eigenvalue weighted by molar-refractivity contribution is 7.80. The van der Waals surface area contributed by atoms with Crippen LogP contribution in [0.2, 0.25) is 0 Å². The monoisotopic (exact) mass is 224 g/mol. The average Bonchev–Trinajstić information content (AvgIpc) is 2.66. The van der Waals surface area contributed by atoms with Crippen LogP contribution in [0.3, 0.4) is 0 Å². The minimum atomic E-state index is 0.739. The zero-order valence-corrected chi connectivity index (χ0v) is 10.1. The Kier molecular flexibility index (Phi) is 4.12. The van der Waals surface area contributed by atoms with Crippen LogP contribution < -0.4 is 0 Å². The summed E-state index contributed by atoms with van der Waals surface area (Å²) in [6.45, 7) is 0. The van der Waals surface area contributed by atoms with E-state index >= 15 is 0 Å². The van der Waals surface area contributed by atoms with E-state index in [4.69, 9.17) is 0 Å². The molecule has 0 saturated heterocycles. The molecular weight excluding hydrogens is 204 g/mol. The first-order chi connectivity index (χ1) is 7.34. The van der Waals surface area contributed by atoms with Crippen molar-refractivity contribution in [2.45, 2.75) is 56.5 Å². The molecular formula is C12H20N2S. The second-order valence-electron chi connectivity index (χ2n) is 4.61. The Bertz CT molecular complexity index is 290. The van der Waals surface area contributed by atoms with Crippen molar-refractivity contribution in [3.05, 3.63) is 11.9 Å². The number of thiol groups is 1. The maximum Gasteiger partial charge on any atom is 0.162 e. The maximum atomic E-state index is 4.30. The topological polar surface area (TPSA) is 28.7 Å². The van der Waals surface area contributed by atoms with Gasteiger partial charge in [0.15, 0.2) is 5.16 Å². The van der Waals surface area contributed by atoms with Gasteiger partial charge < -0.3 is 4.98 Å². The molecule has 1 aliphatic carbocycles. The lowest BCUT2D eigenvalue weighted by molar-refractivity contribution is 0.332. The fourth-order valence-electron chi connectivity index (χ4n) is 2.52. The summed E-state index contributed by atoms with van der Waals surface area (Å²) in [4.78, 5) is 7.31. The summed E-state index contributed by atoms with van der Waals surface area (Å²) >= 11 is 4.16. The first-order valence-corrected chi connectivity index (χ1v) is 6.52. The van der Waals surface area contributed by atoms with Gasteiger partial charge in [-0.1, -0.05) is 38.5 Å². The van der Waals surface area contributed by atoms with Crippen molar-refractivity contribution in [3.63, 3.8) is 0 Å². The van der Waals surface area contributed by atoms with Crippen molar-refractivity contribution < 1.29 is 0 Å².